The third-order valence-corrected chi connectivity index (χ3v) is 2.56. The highest BCUT2D eigenvalue weighted by atomic mass is 19.4. The predicted molar refractivity (Wildman–Crippen MR) is 67.4 cm³/mol. The van der Waals surface area contributed by atoms with Gasteiger partial charge in [-0.1, -0.05) is 12.1 Å². The van der Waals surface area contributed by atoms with Crippen molar-refractivity contribution in [3.8, 4) is 0 Å². The van der Waals surface area contributed by atoms with Crippen LogP contribution >= 0.6 is 0 Å². The van der Waals surface area contributed by atoms with Gasteiger partial charge in [-0.2, -0.15) is 13.2 Å². The molecule has 0 aliphatic carbocycles. The van der Waals surface area contributed by atoms with Gasteiger partial charge in [-0.05, 0) is 29.8 Å². The first-order valence-electron chi connectivity index (χ1n) is 5.57. The van der Waals surface area contributed by atoms with E-state index < -0.39 is 11.7 Å². The monoisotopic (exact) mass is 267 g/mol. The molecule has 1 aromatic carbocycles. The highest BCUT2D eigenvalue weighted by molar-refractivity contribution is 5.45. The highest BCUT2D eigenvalue weighted by Crippen LogP contribution is 2.29. The smallest absolute Gasteiger partial charge is 0.384 e. The molecule has 0 spiro atoms. The molecule has 1 aromatic heterocycles. The van der Waals surface area contributed by atoms with Crippen molar-refractivity contribution in [3.63, 3.8) is 0 Å². The van der Waals surface area contributed by atoms with Crippen molar-refractivity contribution in [2.75, 3.05) is 11.1 Å². The highest BCUT2D eigenvalue weighted by Gasteiger charge is 2.29. The lowest BCUT2D eigenvalue weighted by Gasteiger charge is -2.09. The quantitative estimate of drug-likeness (QED) is 0.897. The molecular weight excluding hydrogens is 255 g/mol. The topological polar surface area (TPSA) is 50.9 Å². The van der Waals surface area contributed by atoms with E-state index in [4.69, 9.17) is 5.73 Å². The number of halogens is 3. The zero-order valence-electron chi connectivity index (χ0n) is 9.91. The van der Waals surface area contributed by atoms with E-state index in [2.05, 4.69) is 10.3 Å². The van der Waals surface area contributed by atoms with Gasteiger partial charge >= 0.3 is 6.18 Å². The average Bonchev–Trinajstić information content (AvgIpc) is 2.37. The standard InChI is InChI=1S/C13H12F3N3/c14-13(15,16)10-3-1-9(2-4-10)7-18-11-5-6-12(17)19-8-11/h1-6,8,18H,7H2,(H2,17,19). The van der Waals surface area contributed by atoms with Crippen molar-refractivity contribution >= 4 is 11.5 Å². The van der Waals surface area contributed by atoms with Gasteiger partial charge in [-0.15, -0.1) is 0 Å². The fourth-order valence-corrected chi connectivity index (χ4v) is 1.53. The van der Waals surface area contributed by atoms with Crippen LogP contribution in [0.3, 0.4) is 0 Å². The second-order valence-corrected chi connectivity index (χ2v) is 4.02. The maximum absolute atomic E-state index is 12.4. The molecule has 0 amide bonds. The number of aromatic nitrogens is 1. The lowest BCUT2D eigenvalue weighted by atomic mass is 10.1. The molecule has 3 nitrogen and oxygen atoms in total. The van der Waals surface area contributed by atoms with Crippen LogP contribution < -0.4 is 11.1 Å². The second kappa shape index (κ2) is 5.17. The molecule has 1 heterocycles. The Morgan fingerprint density at radius 3 is 2.26 bits per heavy atom. The first-order valence-corrected chi connectivity index (χ1v) is 5.57. The van der Waals surface area contributed by atoms with E-state index in [9.17, 15) is 13.2 Å². The Balaban J connectivity index is 1.98. The number of hydrogen-bond donors (Lipinski definition) is 2. The van der Waals surface area contributed by atoms with Crippen LogP contribution in [0.25, 0.3) is 0 Å². The number of nitrogens with one attached hydrogen (secondary N) is 1. The molecule has 0 fully saturated rings. The third kappa shape index (κ3) is 3.61. The van der Waals surface area contributed by atoms with E-state index in [0.29, 0.717) is 12.4 Å². The molecule has 0 aliphatic heterocycles. The summed E-state index contributed by atoms with van der Waals surface area (Å²) in [5, 5.41) is 3.05. The number of alkyl halides is 3. The van der Waals surface area contributed by atoms with Crippen LogP contribution in [-0.4, -0.2) is 4.98 Å². The van der Waals surface area contributed by atoms with Crippen molar-refractivity contribution in [2.45, 2.75) is 12.7 Å². The number of nitrogens with zero attached hydrogens (tertiary/aromatic N) is 1. The molecule has 3 N–H and O–H groups in total. The number of hydrogen-bond acceptors (Lipinski definition) is 3. The molecule has 19 heavy (non-hydrogen) atoms. The Morgan fingerprint density at radius 2 is 1.74 bits per heavy atom. The largest absolute Gasteiger partial charge is 0.416 e. The Bertz CT molecular complexity index is 533. The number of nitrogens with two attached hydrogens (primary N) is 1. The van der Waals surface area contributed by atoms with Crippen LogP contribution in [0.5, 0.6) is 0 Å². The van der Waals surface area contributed by atoms with Gasteiger partial charge in [0, 0.05) is 6.54 Å². The van der Waals surface area contributed by atoms with Crippen molar-refractivity contribution in [2.24, 2.45) is 0 Å². The summed E-state index contributed by atoms with van der Waals surface area (Å²) in [6.45, 7) is 0.420. The Kier molecular flexibility index (Phi) is 3.59. The Labute approximate surface area is 108 Å². The van der Waals surface area contributed by atoms with Gasteiger partial charge in [0.15, 0.2) is 0 Å². The normalized spacial score (nSPS) is 11.3. The Hall–Kier alpha value is -2.24. The minimum Gasteiger partial charge on any atom is -0.384 e. The summed E-state index contributed by atoms with van der Waals surface area (Å²) in [4.78, 5) is 3.90. The van der Waals surface area contributed by atoms with E-state index in [1.165, 1.54) is 12.1 Å². The number of benzene rings is 1. The molecule has 0 bridgehead atoms. The lowest BCUT2D eigenvalue weighted by molar-refractivity contribution is -0.137. The second-order valence-electron chi connectivity index (χ2n) is 4.02. The summed E-state index contributed by atoms with van der Waals surface area (Å²) >= 11 is 0. The molecular formula is C13H12F3N3. The van der Waals surface area contributed by atoms with Crippen LogP contribution in [0, 0.1) is 0 Å². The minimum absolute atomic E-state index is 0.417. The lowest BCUT2D eigenvalue weighted by Crippen LogP contribution is -2.05. The zero-order valence-corrected chi connectivity index (χ0v) is 9.91. The van der Waals surface area contributed by atoms with E-state index >= 15 is 0 Å². The molecule has 6 heteroatoms. The van der Waals surface area contributed by atoms with Gasteiger partial charge in [-0.25, -0.2) is 4.98 Å². The maximum atomic E-state index is 12.4. The third-order valence-electron chi connectivity index (χ3n) is 2.56. The van der Waals surface area contributed by atoms with Gasteiger partial charge in [0.25, 0.3) is 0 Å². The zero-order chi connectivity index (χ0) is 13.9. The van der Waals surface area contributed by atoms with Crippen molar-refractivity contribution in [3.05, 3.63) is 53.7 Å². The minimum atomic E-state index is -4.30. The summed E-state index contributed by atoms with van der Waals surface area (Å²) in [7, 11) is 0. The summed E-state index contributed by atoms with van der Waals surface area (Å²) in [5.74, 6) is 0.417. The van der Waals surface area contributed by atoms with Crippen LogP contribution in [0.1, 0.15) is 11.1 Å². The SMILES string of the molecule is Nc1ccc(NCc2ccc(C(F)(F)F)cc2)cn1. The van der Waals surface area contributed by atoms with E-state index in [0.717, 1.165) is 23.4 Å². The van der Waals surface area contributed by atoms with E-state index in [1.807, 2.05) is 0 Å². The average molecular weight is 267 g/mol. The summed E-state index contributed by atoms with van der Waals surface area (Å²) in [6.07, 6.45) is -2.73. The molecule has 100 valence electrons. The molecule has 0 aliphatic rings. The van der Waals surface area contributed by atoms with Crippen molar-refractivity contribution in [1.82, 2.24) is 4.98 Å². The fourth-order valence-electron chi connectivity index (χ4n) is 1.53. The fraction of sp³-hybridized carbons (Fsp3) is 0.154. The van der Waals surface area contributed by atoms with Gasteiger partial charge in [0.05, 0.1) is 17.4 Å². The van der Waals surface area contributed by atoms with Gasteiger partial charge in [-0.3, -0.25) is 0 Å². The van der Waals surface area contributed by atoms with E-state index in [-0.39, 0.29) is 0 Å². The van der Waals surface area contributed by atoms with Crippen LogP contribution in [-0.2, 0) is 12.7 Å². The van der Waals surface area contributed by atoms with Gasteiger partial charge in [0.2, 0.25) is 0 Å². The summed E-state index contributed by atoms with van der Waals surface area (Å²) in [6, 6.07) is 8.43. The number of rotatable bonds is 3. The summed E-state index contributed by atoms with van der Waals surface area (Å²) in [5.41, 5.74) is 6.31. The van der Waals surface area contributed by atoms with E-state index in [1.54, 1.807) is 18.3 Å². The van der Waals surface area contributed by atoms with Gasteiger partial charge in [0.1, 0.15) is 5.82 Å². The van der Waals surface area contributed by atoms with Crippen LogP contribution in [0.4, 0.5) is 24.7 Å². The van der Waals surface area contributed by atoms with Crippen LogP contribution in [0.2, 0.25) is 0 Å². The first-order chi connectivity index (χ1) is 8.95. The van der Waals surface area contributed by atoms with Crippen molar-refractivity contribution in [1.29, 1.82) is 0 Å². The van der Waals surface area contributed by atoms with Crippen molar-refractivity contribution < 1.29 is 13.2 Å². The number of anilines is 2. The molecule has 0 saturated carbocycles. The predicted octanol–water partition coefficient (Wildman–Crippen LogP) is 3.29. The Morgan fingerprint density at radius 1 is 1.05 bits per heavy atom. The summed E-state index contributed by atoms with van der Waals surface area (Å²) < 4.78 is 37.1. The van der Waals surface area contributed by atoms with Gasteiger partial charge < -0.3 is 11.1 Å². The maximum Gasteiger partial charge on any atom is 0.416 e. The molecule has 2 aromatic rings. The molecule has 0 radical (unpaired) electrons. The first kappa shape index (κ1) is 13.2. The number of nitrogen functional groups attached to an aromatic ring is 1. The molecule has 0 unspecified atom stereocenters. The molecule has 0 saturated heterocycles. The number of pyridine rings is 1. The molecule has 0 atom stereocenters. The molecule has 2 rings (SSSR count). The van der Waals surface area contributed by atoms with Crippen LogP contribution in [0.15, 0.2) is 42.6 Å².